The fraction of sp³-hybridized carbons (Fsp3) is 0.111. The van der Waals surface area contributed by atoms with E-state index >= 15 is 0 Å². The molecular formula is C27H23ClN4O. The van der Waals surface area contributed by atoms with E-state index in [0.29, 0.717) is 11.6 Å². The number of aromatic nitrogens is 4. The molecule has 2 aromatic heterocycles. The van der Waals surface area contributed by atoms with Crippen molar-refractivity contribution in [2.75, 3.05) is 0 Å². The van der Waals surface area contributed by atoms with E-state index in [1.807, 2.05) is 79.3 Å². The molecule has 0 spiro atoms. The Bertz CT molecular complexity index is 1380. The molecule has 0 amide bonds. The van der Waals surface area contributed by atoms with Crippen molar-refractivity contribution >= 4 is 11.6 Å². The van der Waals surface area contributed by atoms with Crippen LogP contribution in [-0.4, -0.2) is 19.7 Å². The molecule has 0 aliphatic heterocycles. The lowest BCUT2D eigenvalue weighted by molar-refractivity contribution is 0.306. The van der Waals surface area contributed by atoms with Gasteiger partial charge in [-0.1, -0.05) is 41.9 Å². The lowest BCUT2D eigenvalue weighted by atomic mass is 10.1. The Kier molecular flexibility index (Phi) is 5.71. The van der Waals surface area contributed by atoms with E-state index in [9.17, 15) is 0 Å². The SMILES string of the molecule is Cc1[nH]c(-c2ccc(OCc3cccc(-c4ccnn4C)c3)cc2)nc1-c1ccc(Cl)cc1. The minimum Gasteiger partial charge on any atom is -0.489 e. The van der Waals surface area contributed by atoms with Gasteiger partial charge in [0.2, 0.25) is 0 Å². The summed E-state index contributed by atoms with van der Waals surface area (Å²) >= 11 is 6.01. The lowest BCUT2D eigenvalue weighted by Crippen LogP contribution is -1.97. The molecular weight excluding hydrogens is 432 g/mol. The average Bonchev–Trinajstić information content (AvgIpc) is 3.44. The zero-order valence-corrected chi connectivity index (χ0v) is 19.2. The van der Waals surface area contributed by atoms with E-state index in [1.165, 1.54) is 0 Å². The first-order valence-corrected chi connectivity index (χ1v) is 11.1. The van der Waals surface area contributed by atoms with Gasteiger partial charge < -0.3 is 9.72 Å². The first-order chi connectivity index (χ1) is 16.1. The Hall–Kier alpha value is -3.83. The fourth-order valence-electron chi connectivity index (χ4n) is 3.84. The standard InChI is InChI=1S/C27H23ClN4O/c1-18-26(20-6-10-23(28)11-7-20)31-27(30-18)21-8-12-24(13-9-21)33-17-19-4-3-5-22(16-19)25-14-15-29-32(25)2/h3-16H,17H2,1-2H3,(H,30,31). The van der Waals surface area contributed by atoms with Crippen LogP contribution in [0.4, 0.5) is 0 Å². The highest BCUT2D eigenvalue weighted by atomic mass is 35.5. The van der Waals surface area contributed by atoms with E-state index < -0.39 is 0 Å². The molecule has 0 saturated heterocycles. The second kappa shape index (κ2) is 8.96. The Balaban J connectivity index is 1.29. The second-order valence-corrected chi connectivity index (χ2v) is 8.36. The number of H-pyrrole nitrogens is 1. The van der Waals surface area contributed by atoms with Gasteiger partial charge in [0.1, 0.15) is 18.2 Å². The molecule has 0 saturated carbocycles. The van der Waals surface area contributed by atoms with Crippen LogP contribution < -0.4 is 4.74 Å². The molecule has 0 aliphatic carbocycles. The summed E-state index contributed by atoms with van der Waals surface area (Å²) in [5.41, 5.74) is 7.28. The summed E-state index contributed by atoms with van der Waals surface area (Å²) < 4.78 is 7.90. The van der Waals surface area contributed by atoms with E-state index in [-0.39, 0.29) is 0 Å². The summed E-state index contributed by atoms with van der Waals surface area (Å²) in [6, 6.07) is 26.0. The summed E-state index contributed by atoms with van der Waals surface area (Å²) in [5, 5.41) is 4.96. The average molecular weight is 455 g/mol. The van der Waals surface area contributed by atoms with Crippen molar-refractivity contribution in [2.24, 2.45) is 7.05 Å². The molecule has 5 rings (SSSR count). The Morgan fingerprint density at radius 3 is 2.39 bits per heavy atom. The van der Waals surface area contributed by atoms with E-state index in [0.717, 1.165) is 50.9 Å². The van der Waals surface area contributed by atoms with Crippen LogP contribution in [0.15, 0.2) is 85.1 Å². The normalized spacial score (nSPS) is 11.0. The number of benzene rings is 3. The van der Waals surface area contributed by atoms with Gasteiger partial charge in [-0.15, -0.1) is 0 Å². The van der Waals surface area contributed by atoms with Crippen LogP contribution in [0.2, 0.25) is 5.02 Å². The maximum absolute atomic E-state index is 6.03. The highest BCUT2D eigenvalue weighted by molar-refractivity contribution is 6.30. The number of hydrogen-bond acceptors (Lipinski definition) is 3. The van der Waals surface area contributed by atoms with Gasteiger partial charge in [-0.2, -0.15) is 5.10 Å². The highest BCUT2D eigenvalue weighted by Crippen LogP contribution is 2.28. The zero-order valence-electron chi connectivity index (χ0n) is 18.4. The molecule has 33 heavy (non-hydrogen) atoms. The molecule has 1 N–H and O–H groups in total. The number of hydrogen-bond donors (Lipinski definition) is 1. The molecule has 0 radical (unpaired) electrons. The third-order valence-electron chi connectivity index (χ3n) is 5.58. The summed E-state index contributed by atoms with van der Waals surface area (Å²) in [6.07, 6.45) is 1.80. The maximum Gasteiger partial charge on any atom is 0.138 e. The largest absolute Gasteiger partial charge is 0.489 e. The van der Waals surface area contributed by atoms with Gasteiger partial charge in [0.15, 0.2) is 0 Å². The van der Waals surface area contributed by atoms with Crippen LogP contribution in [0.3, 0.4) is 0 Å². The van der Waals surface area contributed by atoms with Crippen molar-refractivity contribution in [1.29, 1.82) is 0 Å². The lowest BCUT2D eigenvalue weighted by Gasteiger charge is -2.09. The van der Waals surface area contributed by atoms with Crippen molar-refractivity contribution in [1.82, 2.24) is 19.7 Å². The van der Waals surface area contributed by atoms with Crippen molar-refractivity contribution in [3.63, 3.8) is 0 Å². The summed E-state index contributed by atoms with van der Waals surface area (Å²) in [4.78, 5) is 8.18. The molecule has 0 bridgehead atoms. The molecule has 0 atom stereocenters. The molecule has 5 nitrogen and oxygen atoms in total. The molecule has 0 unspecified atom stereocenters. The predicted molar refractivity (Wildman–Crippen MR) is 132 cm³/mol. The van der Waals surface area contributed by atoms with Crippen LogP contribution in [0.1, 0.15) is 11.3 Å². The van der Waals surface area contributed by atoms with Gasteiger partial charge in [0.05, 0.1) is 11.4 Å². The molecule has 164 valence electrons. The zero-order chi connectivity index (χ0) is 22.8. The number of nitrogens with zero attached hydrogens (tertiary/aromatic N) is 3. The van der Waals surface area contributed by atoms with Gasteiger partial charge in [-0.05, 0) is 61.0 Å². The first-order valence-electron chi connectivity index (χ1n) is 10.7. The minimum absolute atomic E-state index is 0.492. The van der Waals surface area contributed by atoms with Crippen LogP contribution in [-0.2, 0) is 13.7 Å². The van der Waals surface area contributed by atoms with Crippen molar-refractivity contribution in [3.8, 4) is 39.7 Å². The third-order valence-corrected chi connectivity index (χ3v) is 5.83. The minimum atomic E-state index is 0.492. The van der Waals surface area contributed by atoms with E-state index in [1.54, 1.807) is 6.20 Å². The van der Waals surface area contributed by atoms with Gasteiger partial charge in [-0.25, -0.2) is 4.98 Å². The third kappa shape index (κ3) is 4.54. The number of aryl methyl sites for hydroxylation is 2. The smallest absolute Gasteiger partial charge is 0.138 e. The van der Waals surface area contributed by atoms with Gasteiger partial charge >= 0.3 is 0 Å². The molecule has 0 fully saturated rings. The Morgan fingerprint density at radius 1 is 0.909 bits per heavy atom. The van der Waals surface area contributed by atoms with Gasteiger partial charge in [-0.3, -0.25) is 4.68 Å². The number of halogens is 1. The summed E-state index contributed by atoms with van der Waals surface area (Å²) in [7, 11) is 1.94. The number of ether oxygens (including phenoxy) is 1. The van der Waals surface area contributed by atoms with Crippen LogP contribution in [0.5, 0.6) is 5.75 Å². The van der Waals surface area contributed by atoms with E-state index in [2.05, 4.69) is 28.3 Å². The van der Waals surface area contributed by atoms with Crippen molar-refractivity contribution in [3.05, 3.63) is 101 Å². The first kappa shape index (κ1) is 21.0. The highest BCUT2D eigenvalue weighted by Gasteiger charge is 2.11. The van der Waals surface area contributed by atoms with Gasteiger partial charge in [0.25, 0.3) is 0 Å². The Morgan fingerprint density at radius 2 is 1.67 bits per heavy atom. The molecule has 6 heteroatoms. The Labute approximate surface area is 197 Å². The molecule has 5 aromatic rings. The maximum atomic E-state index is 6.03. The predicted octanol–water partition coefficient (Wildman–Crippen LogP) is 6.69. The summed E-state index contributed by atoms with van der Waals surface area (Å²) in [6.45, 7) is 2.52. The number of aromatic amines is 1. The fourth-order valence-corrected chi connectivity index (χ4v) is 3.97. The second-order valence-electron chi connectivity index (χ2n) is 7.92. The molecule has 0 aliphatic rings. The van der Waals surface area contributed by atoms with Crippen LogP contribution in [0, 0.1) is 6.92 Å². The number of nitrogens with one attached hydrogen (secondary N) is 1. The number of rotatable bonds is 6. The quantitative estimate of drug-likeness (QED) is 0.311. The molecule has 3 aromatic carbocycles. The summed E-state index contributed by atoms with van der Waals surface area (Å²) in [5.74, 6) is 1.64. The monoisotopic (exact) mass is 454 g/mol. The molecule has 2 heterocycles. The van der Waals surface area contributed by atoms with E-state index in [4.69, 9.17) is 21.3 Å². The van der Waals surface area contributed by atoms with Crippen LogP contribution in [0.25, 0.3) is 33.9 Å². The topological polar surface area (TPSA) is 55.7 Å². The van der Waals surface area contributed by atoms with Crippen molar-refractivity contribution in [2.45, 2.75) is 13.5 Å². The van der Waals surface area contributed by atoms with Crippen LogP contribution >= 0.6 is 11.6 Å². The number of imidazole rings is 1. The van der Waals surface area contributed by atoms with Gasteiger partial charge in [0, 0.05) is 40.7 Å². The van der Waals surface area contributed by atoms with Crippen molar-refractivity contribution < 1.29 is 4.74 Å².